The number of allylic oxidation sites excluding steroid dienone is 16. The molecule has 0 heterocycles. The molecule has 0 radical (unpaired) electrons. The van der Waals surface area contributed by atoms with E-state index in [1.807, 2.05) is 6.08 Å². The minimum Gasteiger partial charge on any atom is -0.462 e. The first-order chi connectivity index (χ1) is 34.5. The molecule has 0 aromatic heterocycles. The topological polar surface area (TPSA) is 95.9 Å². The van der Waals surface area contributed by atoms with E-state index in [-0.39, 0.29) is 24.9 Å². The highest BCUT2D eigenvalue weighted by molar-refractivity contribution is 5.77. The van der Waals surface area contributed by atoms with Crippen LogP contribution >= 0.6 is 0 Å². The van der Waals surface area contributed by atoms with Gasteiger partial charge in [-0.05, 0) is 96.3 Å². The van der Waals surface area contributed by atoms with Crippen LogP contribution in [0.2, 0.25) is 0 Å². The molecular formula is C64H111NO5. The maximum atomic E-state index is 13.3. The van der Waals surface area contributed by atoms with Crippen molar-refractivity contribution in [3.8, 4) is 0 Å². The second kappa shape index (κ2) is 56.7. The van der Waals surface area contributed by atoms with Gasteiger partial charge in [-0.3, -0.25) is 9.59 Å². The van der Waals surface area contributed by atoms with Crippen LogP contribution in [0.15, 0.2) is 97.2 Å². The maximum absolute atomic E-state index is 13.3. The van der Waals surface area contributed by atoms with Gasteiger partial charge in [0.15, 0.2) is 0 Å². The number of rotatable bonds is 52. The number of amides is 1. The molecule has 3 N–H and O–H groups in total. The van der Waals surface area contributed by atoms with E-state index in [4.69, 9.17) is 4.74 Å². The molecule has 70 heavy (non-hydrogen) atoms. The summed E-state index contributed by atoms with van der Waals surface area (Å²) in [5.74, 6) is -0.550. The number of hydrogen-bond donors (Lipinski definition) is 3. The van der Waals surface area contributed by atoms with Gasteiger partial charge in [-0.2, -0.15) is 0 Å². The van der Waals surface area contributed by atoms with Gasteiger partial charge < -0.3 is 20.3 Å². The molecule has 0 bridgehead atoms. The molecule has 0 aliphatic carbocycles. The zero-order valence-corrected chi connectivity index (χ0v) is 45.9. The third-order valence-electron chi connectivity index (χ3n) is 13.0. The molecule has 0 aliphatic rings. The highest BCUT2D eigenvalue weighted by Gasteiger charge is 2.24. The third kappa shape index (κ3) is 51.1. The van der Waals surface area contributed by atoms with Crippen LogP contribution in [0.25, 0.3) is 0 Å². The van der Waals surface area contributed by atoms with Crippen LogP contribution in [0, 0.1) is 0 Å². The monoisotopic (exact) mass is 974 g/mol. The van der Waals surface area contributed by atoms with Crippen molar-refractivity contribution in [2.75, 3.05) is 6.61 Å². The summed E-state index contributed by atoms with van der Waals surface area (Å²) in [5, 5.41) is 23.9. The zero-order chi connectivity index (χ0) is 50.9. The maximum Gasteiger partial charge on any atom is 0.306 e. The number of esters is 1. The summed E-state index contributed by atoms with van der Waals surface area (Å²) in [6.07, 6.45) is 76.1. The average Bonchev–Trinajstić information content (AvgIpc) is 3.35. The van der Waals surface area contributed by atoms with Crippen molar-refractivity contribution in [1.82, 2.24) is 5.32 Å². The number of hydrogen-bond acceptors (Lipinski definition) is 5. The number of aliphatic hydroxyl groups excluding tert-OH is 2. The molecule has 3 unspecified atom stereocenters. The van der Waals surface area contributed by atoms with Gasteiger partial charge in [-0.25, -0.2) is 0 Å². The Hall–Kier alpha value is -3.22. The summed E-state index contributed by atoms with van der Waals surface area (Å²) in [4.78, 5) is 26.3. The summed E-state index contributed by atoms with van der Waals surface area (Å²) in [6, 6.07) is -0.729. The lowest BCUT2D eigenvalue weighted by molar-refractivity contribution is -0.151. The summed E-state index contributed by atoms with van der Waals surface area (Å²) in [7, 11) is 0. The Kier molecular flexibility index (Phi) is 54.1. The Morgan fingerprint density at radius 3 is 1.26 bits per heavy atom. The summed E-state index contributed by atoms with van der Waals surface area (Å²) in [5.41, 5.74) is 0. The molecule has 0 spiro atoms. The molecular weight excluding hydrogens is 863 g/mol. The number of aliphatic hydroxyl groups is 2. The van der Waals surface area contributed by atoms with Gasteiger partial charge in [0.05, 0.1) is 25.2 Å². The van der Waals surface area contributed by atoms with Crippen LogP contribution in [0.3, 0.4) is 0 Å². The van der Waals surface area contributed by atoms with E-state index in [1.54, 1.807) is 0 Å². The van der Waals surface area contributed by atoms with Gasteiger partial charge in [0.2, 0.25) is 5.91 Å². The predicted octanol–water partition coefficient (Wildman–Crippen LogP) is 18.5. The lowest BCUT2D eigenvalue weighted by Gasteiger charge is -2.24. The van der Waals surface area contributed by atoms with Crippen molar-refractivity contribution >= 4 is 11.9 Å². The minimum absolute atomic E-state index is 0.0339. The Balaban J connectivity index is 4.70. The van der Waals surface area contributed by atoms with E-state index in [9.17, 15) is 19.8 Å². The fraction of sp³-hybridized carbons (Fsp3) is 0.719. The molecule has 3 atom stereocenters. The Bertz CT molecular complexity index is 1370. The Labute approximate surface area is 433 Å². The van der Waals surface area contributed by atoms with Crippen molar-refractivity contribution in [3.05, 3.63) is 97.2 Å². The molecule has 0 fully saturated rings. The van der Waals surface area contributed by atoms with E-state index in [0.29, 0.717) is 19.3 Å². The number of carbonyl (C=O) groups is 2. The molecule has 0 saturated heterocycles. The van der Waals surface area contributed by atoms with E-state index in [1.165, 1.54) is 128 Å². The summed E-state index contributed by atoms with van der Waals surface area (Å²) in [6.45, 7) is 6.42. The summed E-state index contributed by atoms with van der Waals surface area (Å²) >= 11 is 0. The van der Waals surface area contributed by atoms with Gasteiger partial charge in [0.1, 0.15) is 6.10 Å². The van der Waals surface area contributed by atoms with Gasteiger partial charge in [0.25, 0.3) is 0 Å². The van der Waals surface area contributed by atoms with Crippen molar-refractivity contribution in [1.29, 1.82) is 0 Å². The predicted molar refractivity (Wildman–Crippen MR) is 305 cm³/mol. The van der Waals surface area contributed by atoms with Crippen LogP contribution in [0.5, 0.6) is 0 Å². The second-order valence-electron chi connectivity index (χ2n) is 19.8. The largest absolute Gasteiger partial charge is 0.462 e. The van der Waals surface area contributed by atoms with Crippen LogP contribution < -0.4 is 5.32 Å². The van der Waals surface area contributed by atoms with Gasteiger partial charge in [-0.1, -0.05) is 259 Å². The smallest absolute Gasteiger partial charge is 0.306 e. The lowest BCUT2D eigenvalue weighted by Crippen LogP contribution is -2.46. The number of ether oxygens (including phenoxy) is 1. The lowest BCUT2D eigenvalue weighted by atomic mass is 10.0. The van der Waals surface area contributed by atoms with E-state index >= 15 is 0 Å². The first-order valence-electron chi connectivity index (χ1n) is 29.5. The standard InChI is InChI=1S/C64H111NO5/c1-4-7-10-13-16-19-22-25-28-31-32-33-36-39-42-45-48-51-54-57-64(69)70-60(55-52-49-46-43-40-37-34-29-26-23-20-17-14-11-8-5-2)58-63(68)65-61(59-66)62(67)56-53-50-47-44-41-38-35-30-27-24-21-18-15-12-9-6-3/h16-17,19-20,23,25-26,28-29,32-34,37,39-40,42,60-62,66-67H,4-15,18,21-22,24,27,30-31,35-36,38,41,43-59H2,1-3H3,(H,65,68)/b19-16-,20-17+,26-23+,28-25-,33-32-,34-29+,40-37+,42-39-. The molecule has 0 rings (SSSR count). The van der Waals surface area contributed by atoms with Crippen molar-refractivity contribution in [2.24, 2.45) is 0 Å². The fourth-order valence-electron chi connectivity index (χ4n) is 8.48. The normalized spacial score (nSPS) is 13.8. The molecule has 0 aromatic carbocycles. The van der Waals surface area contributed by atoms with Gasteiger partial charge in [-0.15, -0.1) is 0 Å². The highest BCUT2D eigenvalue weighted by Crippen LogP contribution is 2.17. The number of carbonyl (C=O) groups excluding carboxylic acids is 2. The first kappa shape index (κ1) is 66.8. The Morgan fingerprint density at radius 1 is 0.429 bits per heavy atom. The van der Waals surface area contributed by atoms with Crippen LogP contribution in [0.4, 0.5) is 0 Å². The number of unbranched alkanes of at least 4 members (excludes halogenated alkanes) is 27. The molecule has 0 saturated carbocycles. The van der Waals surface area contributed by atoms with E-state index < -0.39 is 18.2 Å². The van der Waals surface area contributed by atoms with E-state index in [0.717, 1.165) is 96.3 Å². The minimum atomic E-state index is -0.811. The number of nitrogens with one attached hydrogen (secondary N) is 1. The quantitative estimate of drug-likeness (QED) is 0.0244. The molecule has 6 heteroatoms. The SMILES string of the molecule is CCCCC/C=C\C/C=C\C/C=C\C/C=C\CCCCCC(=O)OC(CCCCC/C=C/C=C/C=C/C=C/CCCCC)CC(=O)NC(CO)C(O)CCCCCCCCCCCCCCCCCC. The van der Waals surface area contributed by atoms with Crippen LogP contribution in [-0.4, -0.2) is 46.9 Å². The van der Waals surface area contributed by atoms with Crippen LogP contribution in [-0.2, 0) is 14.3 Å². The first-order valence-corrected chi connectivity index (χ1v) is 29.5. The fourth-order valence-corrected chi connectivity index (χ4v) is 8.48. The highest BCUT2D eigenvalue weighted by atomic mass is 16.5. The average molecular weight is 975 g/mol. The Morgan fingerprint density at radius 2 is 0.786 bits per heavy atom. The molecule has 6 nitrogen and oxygen atoms in total. The zero-order valence-electron chi connectivity index (χ0n) is 45.9. The van der Waals surface area contributed by atoms with Gasteiger partial charge >= 0.3 is 5.97 Å². The van der Waals surface area contributed by atoms with E-state index in [2.05, 4.69) is 117 Å². The van der Waals surface area contributed by atoms with Crippen LogP contribution in [0.1, 0.15) is 271 Å². The second-order valence-corrected chi connectivity index (χ2v) is 19.8. The van der Waals surface area contributed by atoms with Crippen molar-refractivity contribution in [3.63, 3.8) is 0 Å². The third-order valence-corrected chi connectivity index (χ3v) is 13.0. The molecule has 402 valence electrons. The molecule has 1 amide bonds. The molecule has 0 aromatic rings. The molecule has 0 aliphatic heterocycles. The van der Waals surface area contributed by atoms with Gasteiger partial charge in [0, 0.05) is 6.42 Å². The van der Waals surface area contributed by atoms with Crippen molar-refractivity contribution < 1.29 is 24.5 Å². The summed E-state index contributed by atoms with van der Waals surface area (Å²) < 4.78 is 5.93. The van der Waals surface area contributed by atoms with Crippen molar-refractivity contribution in [2.45, 2.75) is 289 Å².